The Balaban J connectivity index is 1.46. The van der Waals surface area contributed by atoms with Gasteiger partial charge in [-0.15, -0.1) is 0 Å². The third-order valence-corrected chi connectivity index (χ3v) is 5.96. The van der Waals surface area contributed by atoms with Crippen molar-refractivity contribution in [1.82, 2.24) is 25.4 Å². The molecule has 1 saturated carbocycles. The van der Waals surface area contributed by atoms with Gasteiger partial charge in [-0.3, -0.25) is 19.4 Å². The molecule has 1 atom stereocenters. The van der Waals surface area contributed by atoms with Crippen LogP contribution < -0.4 is 10.6 Å². The minimum Gasteiger partial charge on any atom is -0.347 e. The number of nitrogens with zero attached hydrogens (tertiary/aromatic N) is 3. The molecule has 8 nitrogen and oxygen atoms in total. The number of amides is 2. The fourth-order valence-corrected chi connectivity index (χ4v) is 4.05. The predicted octanol–water partition coefficient (Wildman–Crippen LogP) is 2.92. The number of rotatable bonds is 8. The normalized spacial score (nSPS) is 13.9. The van der Waals surface area contributed by atoms with Crippen molar-refractivity contribution in [3.8, 4) is 5.69 Å². The van der Waals surface area contributed by atoms with Crippen LogP contribution in [-0.2, 0) is 16.0 Å². The zero-order chi connectivity index (χ0) is 24.4. The lowest BCUT2D eigenvalue weighted by atomic mass is 10.0. The van der Waals surface area contributed by atoms with E-state index in [2.05, 4.69) is 20.7 Å². The highest BCUT2D eigenvalue weighted by Crippen LogP contribution is 2.22. The van der Waals surface area contributed by atoms with E-state index in [1.54, 1.807) is 23.9 Å². The lowest BCUT2D eigenvalue weighted by Crippen LogP contribution is -2.49. The van der Waals surface area contributed by atoms with E-state index >= 15 is 0 Å². The van der Waals surface area contributed by atoms with Crippen LogP contribution in [0.2, 0.25) is 0 Å². The largest absolute Gasteiger partial charge is 0.347 e. The van der Waals surface area contributed by atoms with E-state index in [4.69, 9.17) is 0 Å². The van der Waals surface area contributed by atoms with Crippen molar-refractivity contribution in [2.24, 2.45) is 0 Å². The van der Waals surface area contributed by atoms with Crippen LogP contribution in [0.3, 0.4) is 0 Å². The molecule has 1 aliphatic carbocycles. The number of aromatic nitrogens is 3. The number of nitrogens with one attached hydrogen (secondary N) is 2. The van der Waals surface area contributed by atoms with Gasteiger partial charge in [0.15, 0.2) is 0 Å². The van der Waals surface area contributed by atoms with Gasteiger partial charge < -0.3 is 10.6 Å². The van der Waals surface area contributed by atoms with Crippen molar-refractivity contribution in [3.05, 3.63) is 89.9 Å². The van der Waals surface area contributed by atoms with E-state index in [0.717, 1.165) is 29.3 Å². The van der Waals surface area contributed by atoms with Crippen LogP contribution in [0, 0.1) is 6.92 Å². The summed E-state index contributed by atoms with van der Waals surface area (Å²) in [5, 5.41) is 10.9. The molecule has 0 spiro atoms. The van der Waals surface area contributed by atoms with E-state index in [-0.39, 0.29) is 18.2 Å². The first-order valence-corrected chi connectivity index (χ1v) is 11.6. The standard InChI is InChI=1S/C27H25N5O3/c1-17-15-24(32(31-17)23-11-5-10-21-20(23)9-6-14-28-21)26(34)30-22(16-18-7-3-2-4-8-18)25(33)27(35)29-19-12-13-19/h2-11,14-15,19,22H,12-13,16H2,1H3,(H,29,35)(H,30,34)/t22-/m0/s1. The Morgan fingerprint density at radius 3 is 2.60 bits per heavy atom. The third kappa shape index (κ3) is 4.96. The molecule has 8 heteroatoms. The highest BCUT2D eigenvalue weighted by molar-refractivity contribution is 6.38. The molecule has 2 aromatic heterocycles. The van der Waals surface area contributed by atoms with Crippen molar-refractivity contribution < 1.29 is 14.4 Å². The first-order valence-electron chi connectivity index (χ1n) is 11.6. The number of hydrogen-bond acceptors (Lipinski definition) is 5. The number of Topliss-reactive ketones (excluding diaryl/α,β-unsaturated/α-hetero) is 1. The van der Waals surface area contributed by atoms with Gasteiger partial charge in [0, 0.05) is 24.0 Å². The van der Waals surface area contributed by atoms with Crippen LogP contribution >= 0.6 is 0 Å². The number of pyridine rings is 1. The molecule has 1 fully saturated rings. The Morgan fingerprint density at radius 2 is 1.83 bits per heavy atom. The number of benzene rings is 2. The maximum atomic E-state index is 13.5. The molecule has 0 saturated heterocycles. The molecule has 5 rings (SSSR count). The summed E-state index contributed by atoms with van der Waals surface area (Å²) in [6, 6.07) is 19.4. The first-order chi connectivity index (χ1) is 17.0. The summed E-state index contributed by atoms with van der Waals surface area (Å²) in [4.78, 5) is 43.5. The maximum absolute atomic E-state index is 13.5. The van der Waals surface area contributed by atoms with E-state index < -0.39 is 23.6 Å². The molecule has 2 heterocycles. The van der Waals surface area contributed by atoms with Gasteiger partial charge in [0.1, 0.15) is 11.7 Å². The maximum Gasteiger partial charge on any atom is 0.289 e. The molecule has 1 aliphatic rings. The molecular formula is C27H25N5O3. The molecule has 2 N–H and O–H groups in total. The molecule has 0 unspecified atom stereocenters. The highest BCUT2D eigenvalue weighted by atomic mass is 16.2. The number of ketones is 1. The van der Waals surface area contributed by atoms with Crippen molar-refractivity contribution in [2.75, 3.05) is 0 Å². The predicted molar refractivity (Wildman–Crippen MR) is 131 cm³/mol. The van der Waals surface area contributed by atoms with E-state index in [0.29, 0.717) is 11.4 Å². The van der Waals surface area contributed by atoms with Crippen LogP contribution in [0.4, 0.5) is 0 Å². The molecule has 0 aliphatic heterocycles. The molecule has 2 amide bonds. The topological polar surface area (TPSA) is 106 Å². The second-order valence-electron chi connectivity index (χ2n) is 8.76. The number of hydrogen-bond donors (Lipinski definition) is 2. The molecular weight excluding hydrogens is 442 g/mol. The van der Waals surface area contributed by atoms with E-state index in [9.17, 15) is 14.4 Å². The highest BCUT2D eigenvalue weighted by Gasteiger charge is 2.32. The average molecular weight is 468 g/mol. The fourth-order valence-electron chi connectivity index (χ4n) is 4.05. The van der Waals surface area contributed by atoms with Crippen LogP contribution in [0.1, 0.15) is 34.6 Å². The molecule has 35 heavy (non-hydrogen) atoms. The van der Waals surface area contributed by atoms with Gasteiger partial charge in [0.25, 0.3) is 11.8 Å². The lowest BCUT2D eigenvalue weighted by molar-refractivity contribution is -0.139. The first kappa shape index (κ1) is 22.5. The number of fused-ring (bicyclic) bond motifs is 1. The molecule has 2 aromatic carbocycles. The van der Waals surface area contributed by atoms with Crippen molar-refractivity contribution in [2.45, 2.75) is 38.3 Å². The van der Waals surface area contributed by atoms with Gasteiger partial charge in [-0.1, -0.05) is 36.4 Å². The number of aryl methyl sites for hydroxylation is 1. The van der Waals surface area contributed by atoms with Crippen molar-refractivity contribution in [3.63, 3.8) is 0 Å². The Morgan fingerprint density at radius 1 is 1.03 bits per heavy atom. The summed E-state index contributed by atoms with van der Waals surface area (Å²) < 4.78 is 1.56. The van der Waals surface area contributed by atoms with Crippen molar-refractivity contribution in [1.29, 1.82) is 0 Å². The lowest BCUT2D eigenvalue weighted by Gasteiger charge is -2.18. The summed E-state index contributed by atoms with van der Waals surface area (Å²) >= 11 is 0. The van der Waals surface area contributed by atoms with Crippen LogP contribution in [-0.4, -0.2) is 44.4 Å². The Hall–Kier alpha value is -4.33. The molecule has 176 valence electrons. The van der Waals surface area contributed by atoms with E-state index in [1.807, 2.05) is 60.7 Å². The third-order valence-electron chi connectivity index (χ3n) is 5.96. The number of carbonyl (C=O) groups is 3. The van der Waals surface area contributed by atoms with Crippen LogP contribution in [0.5, 0.6) is 0 Å². The van der Waals surface area contributed by atoms with Gasteiger partial charge in [-0.25, -0.2) is 4.68 Å². The van der Waals surface area contributed by atoms with Crippen LogP contribution in [0.15, 0.2) is 72.9 Å². The summed E-state index contributed by atoms with van der Waals surface area (Å²) in [5.41, 5.74) is 3.24. The average Bonchev–Trinajstić information content (AvgIpc) is 3.61. The summed E-state index contributed by atoms with van der Waals surface area (Å²) in [6.07, 6.45) is 3.65. The molecule has 0 bridgehead atoms. The number of carbonyl (C=O) groups excluding carboxylic acids is 3. The van der Waals surface area contributed by atoms with Gasteiger partial charge >= 0.3 is 0 Å². The van der Waals surface area contributed by atoms with Crippen molar-refractivity contribution >= 4 is 28.5 Å². The van der Waals surface area contributed by atoms with Gasteiger partial charge in [0.2, 0.25) is 5.78 Å². The molecule has 4 aromatic rings. The van der Waals surface area contributed by atoms with E-state index in [1.165, 1.54) is 0 Å². The second kappa shape index (κ2) is 9.50. The van der Waals surface area contributed by atoms with Gasteiger partial charge in [0.05, 0.1) is 16.9 Å². The smallest absolute Gasteiger partial charge is 0.289 e. The Labute approximate surface area is 202 Å². The summed E-state index contributed by atoms with van der Waals surface area (Å²) in [6.45, 7) is 1.80. The Kier molecular flexibility index (Phi) is 6.10. The second-order valence-corrected chi connectivity index (χ2v) is 8.76. The summed E-state index contributed by atoms with van der Waals surface area (Å²) in [5.74, 6) is -1.82. The minimum absolute atomic E-state index is 0.0450. The summed E-state index contributed by atoms with van der Waals surface area (Å²) in [7, 11) is 0. The quantitative estimate of drug-likeness (QED) is 0.388. The Bertz CT molecular complexity index is 1400. The monoisotopic (exact) mass is 467 g/mol. The zero-order valence-corrected chi connectivity index (χ0v) is 19.3. The fraction of sp³-hybridized carbons (Fsp3) is 0.222. The molecule has 0 radical (unpaired) electrons. The minimum atomic E-state index is -1.01. The van der Waals surface area contributed by atoms with Gasteiger partial charge in [-0.05, 0) is 55.7 Å². The van der Waals surface area contributed by atoms with Crippen LogP contribution in [0.25, 0.3) is 16.6 Å². The SMILES string of the molecule is Cc1cc(C(=O)N[C@@H](Cc2ccccc2)C(=O)C(=O)NC2CC2)n(-c2cccc3ncccc23)n1. The van der Waals surface area contributed by atoms with Gasteiger partial charge in [-0.2, -0.15) is 5.10 Å². The zero-order valence-electron chi connectivity index (χ0n) is 19.3.